The Morgan fingerprint density at radius 1 is 1.42 bits per heavy atom. The van der Waals surface area contributed by atoms with Crippen LogP contribution in [0.25, 0.3) is 0 Å². The zero-order valence-corrected chi connectivity index (χ0v) is 11.7. The average Bonchev–Trinajstić information content (AvgIpc) is 2.73. The fourth-order valence-electron chi connectivity index (χ4n) is 2.15. The van der Waals surface area contributed by atoms with Crippen LogP contribution < -0.4 is 5.73 Å². The fourth-order valence-corrected chi connectivity index (χ4v) is 2.15. The van der Waals surface area contributed by atoms with Gasteiger partial charge in [0, 0.05) is 13.1 Å². The van der Waals surface area contributed by atoms with Crippen LogP contribution in [0.5, 0.6) is 0 Å². The smallest absolute Gasteiger partial charge is 0.410 e. The quantitative estimate of drug-likeness (QED) is 0.831. The third kappa shape index (κ3) is 3.36. The number of anilines is 1. The molecule has 2 heterocycles. The third-order valence-electron chi connectivity index (χ3n) is 3.06. The molecule has 2 N–H and O–H groups in total. The van der Waals surface area contributed by atoms with E-state index in [1.165, 1.54) is 0 Å². The summed E-state index contributed by atoms with van der Waals surface area (Å²) in [6, 6.07) is 0.209. The third-order valence-corrected chi connectivity index (χ3v) is 3.06. The lowest BCUT2D eigenvalue weighted by molar-refractivity contribution is 0.0185. The van der Waals surface area contributed by atoms with Gasteiger partial charge in [0.1, 0.15) is 11.4 Å². The molecule has 7 heteroatoms. The van der Waals surface area contributed by atoms with Gasteiger partial charge in [-0.1, -0.05) is 5.21 Å². The minimum absolute atomic E-state index is 0.209. The van der Waals surface area contributed by atoms with Gasteiger partial charge in [0.2, 0.25) is 0 Å². The van der Waals surface area contributed by atoms with Gasteiger partial charge in [-0.3, -0.25) is 0 Å². The monoisotopic (exact) mass is 267 g/mol. The minimum atomic E-state index is -0.454. The molecule has 0 radical (unpaired) electrons. The van der Waals surface area contributed by atoms with Crippen molar-refractivity contribution in [3.05, 3.63) is 6.20 Å². The molecule has 1 fully saturated rings. The van der Waals surface area contributed by atoms with Crippen molar-refractivity contribution in [3.63, 3.8) is 0 Å². The molecule has 7 nitrogen and oxygen atoms in total. The van der Waals surface area contributed by atoms with Crippen LogP contribution in [0.3, 0.4) is 0 Å². The van der Waals surface area contributed by atoms with E-state index in [-0.39, 0.29) is 12.1 Å². The highest BCUT2D eigenvalue weighted by molar-refractivity contribution is 5.68. The Morgan fingerprint density at radius 2 is 2.05 bits per heavy atom. The highest BCUT2D eigenvalue weighted by atomic mass is 16.6. The molecule has 0 bridgehead atoms. The van der Waals surface area contributed by atoms with Crippen LogP contribution >= 0.6 is 0 Å². The van der Waals surface area contributed by atoms with Crippen LogP contribution in [0, 0.1) is 0 Å². The van der Waals surface area contributed by atoms with Crippen molar-refractivity contribution in [3.8, 4) is 0 Å². The molecular weight excluding hydrogens is 246 g/mol. The molecule has 1 aromatic rings. The first-order valence-electron chi connectivity index (χ1n) is 6.50. The maximum absolute atomic E-state index is 11.9. The summed E-state index contributed by atoms with van der Waals surface area (Å²) in [6.45, 7) is 6.91. The first-order valence-corrected chi connectivity index (χ1v) is 6.50. The Kier molecular flexibility index (Phi) is 3.64. The standard InChI is InChI=1S/C12H21N5O2/c1-12(2,3)19-11(18)16-6-4-9(5-7-16)17-10(13)8-14-15-17/h8-9H,4-7,13H2,1-3H3. The van der Waals surface area contributed by atoms with Gasteiger partial charge in [0.25, 0.3) is 0 Å². The van der Waals surface area contributed by atoms with E-state index < -0.39 is 5.60 Å². The number of rotatable bonds is 1. The van der Waals surface area contributed by atoms with Gasteiger partial charge < -0.3 is 15.4 Å². The number of nitrogens with two attached hydrogens (primary N) is 1. The number of piperidine rings is 1. The van der Waals surface area contributed by atoms with Crippen LogP contribution in [0.4, 0.5) is 10.6 Å². The molecule has 1 saturated heterocycles. The lowest BCUT2D eigenvalue weighted by Gasteiger charge is -2.33. The molecule has 0 aliphatic carbocycles. The summed E-state index contributed by atoms with van der Waals surface area (Å²) in [4.78, 5) is 13.6. The van der Waals surface area contributed by atoms with Crippen LogP contribution in [-0.4, -0.2) is 44.7 Å². The molecule has 0 aromatic carbocycles. The van der Waals surface area contributed by atoms with Gasteiger partial charge in [-0.25, -0.2) is 9.48 Å². The molecule has 0 spiro atoms. The lowest BCUT2D eigenvalue weighted by Crippen LogP contribution is -2.42. The van der Waals surface area contributed by atoms with Crippen LogP contribution in [0.1, 0.15) is 39.7 Å². The SMILES string of the molecule is CC(C)(C)OC(=O)N1CCC(n2nncc2N)CC1. The van der Waals surface area contributed by atoms with E-state index in [0.29, 0.717) is 18.9 Å². The Balaban J connectivity index is 1.89. The first-order chi connectivity index (χ1) is 8.87. The maximum Gasteiger partial charge on any atom is 0.410 e. The zero-order valence-electron chi connectivity index (χ0n) is 11.7. The van der Waals surface area contributed by atoms with Gasteiger partial charge in [-0.2, -0.15) is 0 Å². The number of hydrogen-bond donors (Lipinski definition) is 1. The van der Waals surface area contributed by atoms with E-state index in [9.17, 15) is 4.79 Å². The van der Waals surface area contributed by atoms with E-state index in [4.69, 9.17) is 10.5 Å². The summed E-state index contributed by atoms with van der Waals surface area (Å²) in [6.07, 6.45) is 2.91. The molecule has 0 unspecified atom stereocenters. The Morgan fingerprint density at radius 3 is 2.53 bits per heavy atom. The highest BCUT2D eigenvalue weighted by Crippen LogP contribution is 2.24. The number of likely N-dealkylation sites (tertiary alicyclic amines) is 1. The van der Waals surface area contributed by atoms with Crippen molar-refractivity contribution in [2.75, 3.05) is 18.8 Å². The molecule has 2 rings (SSSR count). The van der Waals surface area contributed by atoms with Crippen LogP contribution in [-0.2, 0) is 4.74 Å². The Hall–Kier alpha value is -1.79. The molecule has 0 atom stereocenters. The van der Waals surface area contributed by atoms with Crippen molar-refractivity contribution < 1.29 is 9.53 Å². The summed E-state index contributed by atoms with van der Waals surface area (Å²) in [5.41, 5.74) is 5.33. The summed E-state index contributed by atoms with van der Waals surface area (Å²) in [7, 11) is 0. The van der Waals surface area contributed by atoms with E-state index in [1.807, 2.05) is 20.8 Å². The Labute approximate surface area is 112 Å². The second kappa shape index (κ2) is 5.07. The molecule has 1 amide bonds. The molecule has 1 aromatic heterocycles. The number of hydrogen-bond acceptors (Lipinski definition) is 5. The van der Waals surface area contributed by atoms with E-state index in [0.717, 1.165) is 12.8 Å². The normalized spacial score (nSPS) is 17.5. The summed E-state index contributed by atoms with van der Waals surface area (Å²) in [5, 5.41) is 7.76. The summed E-state index contributed by atoms with van der Waals surface area (Å²) < 4.78 is 7.08. The second-order valence-corrected chi connectivity index (χ2v) is 5.80. The number of ether oxygens (including phenoxy) is 1. The fraction of sp³-hybridized carbons (Fsp3) is 0.750. The molecular formula is C12H21N5O2. The van der Waals surface area contributed by atoms with Crippen molar-refractivity contribution in [2.45, 2.75) is 45.3 Å². The van der Waals surface area contributed by atoms with E-state index in [2.05, 4.69) is 10.3 Å². The zero-order chi connectivity index (χ0) is 14.0. The number of nitrogens with zero attached hydrogens (tertiary/aromatic N) is 4. The predicted octanol–water partition coefficient (Wildman–Crippen LogP) is 1.43. The molecule has 1 aliphatic rings. The van der Waals surface area contributed by atoms with Gasteiger partial charge in [-0.05, 0) is 33.6 Å². The number of amides is 1. The van der Waals surface area contributed by atoms with Crippen LogP contribution in [0.15, 0.2) is 6.20 Å². The van der Waals surface area contributed by atoms with Crippen molar-refractivity contribution >= 4 is 11.9 Å². The lowest BCUT2D eigenvalue weighted by atomic mass is 10.1. The average molecular weight is 267 g/mol. The number of nitrogen functional groups attached to an aromatic ring is 1. The van der Waals surface area contributed by atoms with Crippen molar-refractivity contribution in [1.82, 2.24) is 19.9 Å². The predicted molar refractivity (Wildman–Crippen MR) is 70.5 cm³/mol. The van der Waals surface area contributed by atoms with Gasteiger partial charge in [0.05, 0.1) is 12.2 Å². The van der Waals surface area contributed by atoms with Gasteiger partial charge in [0.15, 0.2) is 0 Å². The number of aromatic nitrogens is 3. The van der Waals surface area contributed by atoms with Crippen molar-refractivity contribution in [2.24, 2.45) is 0 Å². The molecule has 0 saturated carbocycles. The maximum atomic E-state index is 11.9. The molecule has 19 heavy (non-hydrogen) atoms. The van der Waals surface area contributed by atoms with Gasteiger partial charge in [-0.15, -0.1) is 5.10 Å². The first kappa shape index (κ1) is 13.6. The minimum Gasteiger partial charge on any atom is -0.444 e. The van der Waals surface area contributed by atoms with E-state index in [1.54, 1.807) is 15.8 Å². The summed E-state index contributed by atoms with van der Waals surface area (Å²) >= 11 is 0. The molecule has 1 aliphatic heterocycles. The van der Waals surface area contributed by atoms with Gasteiger partial charge >= 0.3 is 6.09 Å². The highest BCUT2D eigenvalue weighted by Gasteiger charge is 2.28. The van der Waals surface area contributed by atoms with Crippen molar-refractivity contribution in [1.29, 1.82) is 0 Å². The molecule has 106 valence electrons. The summed E-state index contributed by atoms with van der Waals surface area (Å²) in [5.74, 6) is 0.565. The van der Waals surface area contributed by atoms with E-state index >= 15 is 0 Å². The number of carbonyl (C=O) groups excluding carboxylic acids is 1. The second-order valence-electron chi connectivity index (χ2n) is 5.80. The topological polar surface area (TPSA) is 86.3 Å². The van der Waals surface area contributed by atoms with Crippen LogP contribution in [0.2, 0.25) is 0 Å². The number of carbonyl (C=O) groups is 1. The Bertz CT molecular complexity index is 443. The largest absolute Gasteiger partial charge is 0.444 e.